The quantitative estimate of drug-likeness (QED) is 0.545. The molecule has 0 saturated heterocycles. The van der Waals surface area contributed by atoms with Crippen molar-refractivity contribution in [3.63, 3.8) is 0 Å². The molecule has 1 aromatic rings. The van der Waals surface area contributed by atoms with Gasteiger partial charge in [0, 0.05) is 12.4 Å². The average molecular weight is 157 g/mol. The van der Waals surface area contributed by atoms with Crippen molar-refractivity contribution in [3.05, 3.63) is 40.5 Å². The van der Waals surface area contributed by atoms with Gasteiger partial charge in [-0.25, -0.2) is 0 Å². The predicted octanol–water partition coefficient (Wildman–Crippen LogP) is 0.911. The molecule has 0 N–H and O–H groups in total. The van der Waals surface area contributed by atoms with Gasteiger partial charge in [-0.15, -0.1) is 0 Å². The number of aromatic nitrogens is 1. The topological polar surface area (TPSA) is 12.9 Å². The van der Waals surface area contributed by atoms with Gasteiger partial charge in [0.05, 0.1) is 0 Å². The van der Waals surface area contributed by atoms with Gasteiger partial charge in [0.2, 0.25) is 0 Å². The van der Waals surface area contributed by atoms with Crippen molar-refractivity contribution in [3.8, 4) is 0 Å². The zero-order chi connectivity index (χ0) is 8.39. The Morgan fingerprint density at radius 1 is 1.33 bits per heavy atom. The van der Waals surface area contributed by atoms with Gasteiger partial charge in [0.15, 0.2) is 0 Å². The summed E-state index contributed by atoms with van der Waals surface area (Å²) in [5, 5.41) is 2.55. The molecule has 12 heavy (non-hydrogen) atoms. The third-order valence-corrected chi connectivity index (χ3v) is 2.09. The molecular formula is C11H11N. The highest BCUT2D eigenvalue weighted by molar-refractivity contribution is 5.45. The molecule has 0 unspecified atom stereocenters. The van der Waals surface area contributed by atoms with Crippen molar-refractivity contribution in [2.75, 3.05) is 0 Å². The Labute approximate surface area is 71.8 Å². The second-order valence-corrected chi connectivity index (χ2v) is 2.99. The summed E-state index contributed by atoms with van der Waals surface area (Å²) in [7, 11) is 0. The standard InChI is InChI=1S/C11H11N/c1-9-7-12-8-10-5-3-2-4-6-11(9)10/h2,4-8H,3H2,1H3. The number of rotatable bonds is 0. The van der Waals surface area contributed by atoms with Gasteiger partial charge in [-0.1, -0.05) is 24.3 Å². The average Bonchev–Trinajstić information content (AvgIpc) is 2.30. The van der Waals surface area contributed by atoms with Crippen LogP contribution in [0.4, 0.5) is 0 Å². The van der Waals surface area contributed by atoms with Crippen LogP contribution in [0.25, 0.3) is 12.2 Å². The number of hydrogen-bond donors (Lipinski definition) is 0. The monoisotopic (exact) mass is 157 g/mol. The molecule has 60 valence electrons. The Balaban J connectivity index is 2.87. The Morgan fingerprint density at radius 3 is 3.17 bits per heavy atom. The molecule has 2 rings (SSSR count). The third-order valence-electron chi connectivity index (χ3n) is 2.09. The SMILES string of the molecule is Cc1cncc2c1=CC=CCC=2. The molecule has 0 amide bonds. The molecule has 0 atom stereocenters. The highest BCUT2D eigenvalue weighted by Gasteiger charge is 1.91. The van der Waals surface area contributed by atoms with Gasteiger partial charge >= 0.3 is 0 Å². The van der Waals surface area contributed by atoms with E-state index in [4.69, 9.17) is 0 Å². The van der Waals surface area contributed by atoms with Crippen LogP contribution in [0.2, 0.25) is 0 Å². The summed E-state index contributed by atoms with van der Waals surface area (Å²) in [6.45, 7) is 2.09. The van der Waals surface area contributed by atoms with Crippen LogP contribution >= 0.6 is 0 Å². The van der Waals surface area contributed by atoms with Crippen LogP contribution in [0.15, 0.2) is 24.5 Å². The minimum Gasteiger partial charge on any atom is -0.264 e. The smallest absolute Gasteiger partial charge is 0.0343 e. The summed E-state index contributed by atoms with van der Waals surface area (Å²) in [5.74, 6) is 0. The third kappa shape index (κ3) is 1.18. The molecule has 1 aromatic heterocycles. The van der Waals surface area contributed by atoms with E-state index in [1.807, 2.05) is 12.4 Å². The van der Waals surface area contributed by atoms with E-state index in [2.05, 4.69) is 36.2 Å². The summed E-state index contributed by atoms with van der Waals surface area (Å²) in [6, 6.07) is 0. The van der Waals surface area contributed by atoms with Gasteiger partial charge in [0.25, 0.3) is 0 Å². The lowest BCUT2D eigenvalue weighted by Crippen LogP contribution is -2.27. The molecule has 0 saturated carbocycles. The fourth-order valence-electron chi connectivity index (χ4n) is 1.42. The second kappa shape index (κ2) is 2.94. The second-order valence-electron chi connectivity index (χ2n) is 2.99. The van der Waals surface area contributed by atoms with E-state index in [0.717, 1.165) is 6.42 Å². The Kier molecular flexibility index (Phi) is 1.78. The van der Waals surface area contributed by atoms with Gasteiger partial charge in [-0.05, 0) is 29.3 Å². The van der Waals surface area contributed by atoms with Crippen LogP contribution < -0.4 is 10.4 Å². The van der Waals surface area contributed by atoms with E-state index in [0.29, 0.717) is 0 Å². The lowest BCUT2D eigenvalue weighted by molar-refractivity contribution is 1.21. The van der Waals surface area contributed by atoms with Crippen molar-refractivity contribution in [2.24, 2.45) is 0 Å². The zero-order valence-electron chi connectivity index (χ0n) is 7.12. The predicted molar refractivity (Wildman–Crippen MR) is 50.9 cm³/mol. The summed E-state index contributed by atoms with van der Waals surface area (Å²) in [4.78, 5) is 4.16. The number of hydrogen-bond acceptors (Lipinski definition) is 1. The molecule has 1 nitrogen and oxygen atoms in total. The van der Waals surface area contributed by atoms with Gasteiger partial charge in [0.1, 0.15) is 0 Å². The maximum Gasteiger partial charge on any atom is 0.0343 e. The summed E-state index contributed by atoms with van der Waals surface area (Å²) < 4.78 is 0. The molecule has 0 radical (unpaired) electrons. The Morgan fingerprint density at radius 2 is 2.25 bits per heavy atom. The maximum absolute atomic E-state index is 4.16. The van der Waals surface area contributed by atoms with Gasteiger partial charge in [-0.2, -0.15) is 0 Å². The molecule has 1 aliphatic carbocycles. The number of aryl methyl sites for hydroxylation is 1. The van der Waals surface area contributed by atoms with Crippen LogP contribution in [-0.2, 0) is 0 Å². The Bertz CT molecular complexity index is 427. The number of allylic oxidation sites excluding steroid dienone is 2. The fraction of sp³-hybridized carbons (Fsp3) is 0.182. The Hall–Kier alpha value is -1.37. The van der Waals surface area contributed by atoms with Crippen LogP contribution in [0.5, 0.6) is 0 Å². The van der Waals surface area contributed by atoms with E-state index in [-0.39, 0.29) is 0 Å². The van der Waals surface area contributed by atoms with Crippen molar-refractivity contribution in [2.45, 2.75) is 13.3 Å². The van der Waals surface area contributed by atoms with E-state index in [9.17, 15) is 0 Å². The van der Waals surface area contributed by atoms with Crippen LogP contribution in [0.3, 0.4) is 0 Å². The molecule has 0 aliphatic heterocycles. The molecule has 0 bridgehead atoms. The summed E-state index contributed by atoms with van der Waals surface area (Å²) in [6.07, 6.45) is 13.4. The molecule has 0 fully saturated rings. The first-order valence-corrected chi connectivity index (χ1v) is 4.15. The molecular weight excluding hydrogens is 146 g/mol. The lowest BCUT2D eigenvalue weighted by atomic mass is 10.2. The normalized spacial score (nSPS) is 14.1. The van der Waals surface area contributed by atoms with E-state index in [1.54, 1.807) is 0 Å². The van der Waals surface area contributed by atoms with Crippen molar-refractivity contribution < 1.29 is 0 Å². The zero-order valence-corrected chi connectivity index (χ0v) is 7.12. The minimum absolute atomic E-state index is 1.01. The first-order valence-electron chi connectivity index (χ1n) is 4.15. The fourth-order valence-corrected chi connectivity index (χ4v) is 1.42. The number of fused-ring (bicyclic) bond motifs is 1. The summed E-state index contributed by atoms with van der Waals surface area (Å²) in [5.41, 5.74) is 1.25. The largest absolute Gasteiger partial charge is 0.264 e. The van der Waals surface area contributed by atoms with Gasteiger partial charge in [-0.3, -0.25) is 4.98 Å². The molecule has 0 spiro atoms. The van der Waals surface area contributed by atoms with E-state index >= 15 is 0 Å². The maximum atomic E-state index is 4.16. The molecule has 0 aromatic carbocycles. The molecule has 1 heteroatoms. The minimum atomic E-state index is 1.01. The highest BCUT2D eigenvalue weighted by Crippen LogP contribution is 1.89. The van der Waals surface area contributed by atoms with Gasteiger partial charge < -0.3 is 0 Å². The van der Waals surface area contributed by atoms with Crippen LogP contribution in [0.1, 0.15) is 12.0 Å². The molecule has 1 heterocycles. The lowest BCUT2D eigenvalue weighted by Gasteiger charge is -1.92. The first kappa shape index (κ1) is 7.29. The molecule has 1 aliphatic rings. The van der Waals surface area contributed by atoms with E-state index in [1.165, 1.54) is 16.0 Å². The number of nitrogens with zero attached hydrogens (tertiary/aromatic N) is 1. The van der Waals surface area contributed by atoms with Crippen molar-refractivity contribution >= 4 is 12.2 Å². The first-order chi connectivity index (χ1) is 5.88. The van der Waals surface area contributed by atoms with Crippen LogP contribution in [0, 0.1) is 6.92 Å². The van der Waals surface area contributed by atoms with Crippen molar-refractivity contribution in [1.29, 1.82) is 0 Å². The number of pyridine rings is 1. The highest BCUT2D eigenvalue weighted by atomic mass is 14.6. The summed E-state index contributed by atoms with van der Waals surface area (Å²) >= 11 is 0. The van der Waals surface area contributed by atoms with Crippen molar-refractivity contribution in [1.82, 2.24) is 4.98 Å². The van der Waals surface area contributed by atoms with Crippen LogP contribution in [-0.4, -0.2) is 4.98 Å². The van der Waals surface area contributed by atoms with E-state index < -0.39 is 0 Å².